The Morgan fingerprint density at radius 1 is 1.15 bits per heavy atom. The van der Waals surface area contributed by atoms with Gasteiger partial charge in [-0.15, -0.1) is 0 Å². The number of aryl methyl sites for hydroxylation is 1. The Morgan fingerprint density at radius 3 is 2.75 bits per heavy atom. The summed E-state index contributed by atoms with van der Waals surface area (Å²) in [4.78, 5) is 2.43. The average Bonchev–Trinajstić information content (AvgIpc) is 2.91. The summed E-state index contributed by atoms with van der Waals surface area (Å²) < 4.78 is 0. The molecule has 0 aliphatic carbocycles. The highest BCUT2D eigenvalue weighted by molar-refractivity contribution is 5.83. The molecule has 1 unspecified atom stereocenters. The molecule has 1 aliphatic rings. The van der Waals surface area contributed by atoms with Crippen LogP contribution in [-0.4, -0.2) is 31.1 Å². The number of likely N-dealkylation sites (N-methyl/N-ethyl adjacent to an activating group) is 1. The molecular formula is C18H24N2. The first-order valence-electron chi connectivity index (χ1n) is 7.62. The zero-order valence-electron chi connectivity index (χ0n) is 12.5. The van der Waals surface area contributed by atoms with E-state index in [1.54, 1.807) is 0 Å². The van der Waals surface area contributed by atoms with Gasteiger partial charge in [0.15, 0.2) is 0 Å². The largest absolute Gasteiger partial charge is 0.313 e. The van der Waals surface area contributed by atoms with Crippen molar-refractivity contribution in [1.29, 1.82) is 0 Å². The van der Waals surface area contributed by atoms with Crippen LogP contribution in [0.15, 0.2) is 36.4 Å². The number of fused-ring (bicyclic) bond motifs is 1. The molecule has 1 aliphatic heterocycles. The Kier molecular flexibility index (Phi) is 4.04. The first-order chi connectivity index (χ1) is 9.70. The van der Waals surface area contributed by atoms with Gasteiger partial charge in [0, 0.05) is 19.1 Å². The van der Waals surface area contributed by atoms with Crippen LogP contribution in [0.3, 0.4) is 0 Å². The van der Waals surface area contributed by atoms with Crippen molar-refractivity contribution in [3.05, 3.63) is 47.5 Å². The molecule has 2 heteroatoms. The van der Waals surface area contributed by atoms with Gasteiger partial charge in [0.1, 0.15) is 0 Å². The molecule has 0 saturated carbocycles. The van der Waals surface area contributed by atoms with Crippen LogP contribution in [0.2, 0.25) is 0 Å². The van der Waals surface area contributed by atoms with Gasteiger partial charge in [-0.1, -0.05) is 35.9 Å². The van der Waals surface area contributed by atoms with E-state index in [0.717, 1.165) is 13.1 Å². The fraction of sp³-hybridized carbons (Fsp3) is 0.444. The lowest BCUT2D eigenvalue weighted by atomic mass is 10.0. The van der Waals surface area contributed by atoms with Crippen molar-refractivity contribution < 1.29 is 0 Å². The van der Waals surface area contributed by atoms with Crippen LogP contribution in [-0.2, 0) is 6.54 Å². The second-order valence-electron chi connectivity index (χ2n) is 6.17. The van der Waals surface area contributed by atoms with Gasteiger partial charge < -0.3 is 10.2 Å². The van der Waals surface area contributed by atoms with Crippen molar-refractivity contribution in [2.75, 3.05) is 20.1 Å². The molecule has 0 spiro atoms. The van der Waals surface area contributed by atoms with Gasteiger partial charge in [-0.3, -0.25) is 0 Å². The Morgan fingerprint density at radius 2 is 1.95 bits per heavy atom. The quantitative estimate of drug-likeness (QED) is 0.915. The molecule has 0 bridgehead atoms. The van der Waals surface area contributed by atoms with Crippen molar-refractivity contribution in [1.82, 2.24) is 10.2 Å². The first kappa shape index (κ1) is 13.6. The predicted octanol–water partition coefficient (Wildman–Crippen LogP) is 3.33. The summed E-state index contributed by atoms with van der Waals surface area (Å²) in [6, 6.07) is 14.2. The third kappa shape index (κ3) is 3.20. The third-order valence-corrected chi connectivity index (χ3v) is 4.21. The van der Waals surface area contributed by atoms with Crippen molar-refractivity contribution in [2.45, 2.75) is 32.4 Å². The van der Waals surface area contributed by atoms with E-state index in [-0.39, 0.29) is 0 Å². The second kappa shape index (κ2) is 5.94. The Bertz CT molecular complexity index is 585. The second-order valence-corrected chi connectivity index (χ2v) is 6.17. The summed E-state index contributed by atoms with van der Waals surface area (Å²) in [6.45, 7) is 5.51. The van der Waals surface area contributed by atoms with E-state index >= 15 is 0 Å². The lowest BCUT2D eigenvalue weighted by Crippen LogP contribution is -2.34. The molecule has 2 nitrogen and oxygen atoms in total. The lowest BCUT2D eigenvalue weighted by molar-refractivity contribution is 0.293. The van der Waals surface area contributed by atoms with Gasteiger partial charge in [0.25, 0.3) is 0 Å². The van der Waals surface area contributed by atoms with E-state index in [0.29, 0.717) is 6.04 Å². The maximum absolute atomic E-state index is 3.57. The smallest absolute Gasteiger partial charge is 0.0231 e. The summed E-state index contributed by atoms with van der Waals surface area (Å²) in [5.74, 6) is 0. The standard InChI is InChI=1S/C18H24N2/c1-14-5-7-17-11-15(6-8-16(17)10-14)12-20(2)13-18-4-3-9-19-18/h5-8,10-11,18-19H,3-4,9,12-13H2,1-2H3. The van der Waals surface area contributed by atoms with E-state index in [4.69, 9.17) is 0 Å². The van der Waals surface area contributed by atoms with E-state index in [2.05, 4.69) is 60.6 Å². The van der Waals surface area contributed by atoms with Gasteiger partial charge in [-0.05, 0) is 55.8 Å². The average molecular weight is 268 g/mol. The fourth-order valence-electron chi connectivity index (χ4n) is 3.18. The molecule has 2 aromatic carbocycles. The van der Waals surface area contributed by atoms with E-state index in [9.17, 15) is 0 Å². The summed E-state index contributed by atoms with van der Waals surface area (Å²) in [6.07, 6.45) is 2.65. The van der Waals surface area contributed by atoms with Crippen LogP contribution >= 0.6 is 0 Å². The van der Waals surface area contributed by atoms with Crippen molar-refractivity contribution >= 4 is 10.8 Å². The van der Waals surface area contributed by atoms with Crippen LogP contribution in [0.5, 0.6) is 0 Å². The van der Waals surface area contributed by atoms with E-state index in [1.807, 2.05) is 0 Å². The van der Waals surface area contributed by atoms with Crippen LogP contribution < -0.4 is 5.32 Å². The van der Waals surface area contributed by atoms with Gasteiger partial charge in [0.05, 0.1) is 0 Å². The molecule has 0 aromatic heterocycles. The maximum atomic E-state index is 3.57. The Hall–Kier alpha value is -1.38. The molecule has 1 fully saturated rings. The van der Waals surface area contributed by atoms with Gasteiger partial charge >= 0.3 is 0 Å². The van der Waals surface area contributed by atoms with Crippen LogP contribution in [0.25, 0.3) is 10.8 Å². The minimum atomic E-state index is 0.683. The SMILES string of the molecule is Cc1ccc2cc(CN(C)CC3CCCN3)ccc2c1. The summed E-state index contributed by atoms with van der Waals surface area (Å²) >= 11 is 0. The highest BCUT2D eigenvalue weighted by atomic mass is 15.1. The number of hydrogen-bond donors (Lipinski definition) is 1. The number of benzene rings is 2. The van der Waals surface area contributed by atoms with Gasteiger partial charge in [-0.2, -0.15) is 0 Å². The molecule has 1 saturated heterocycles. The molecule has 0 amide bonds. The summed E-state index contributed by atoms with van der Waals surface area (Å²) in [7, 11) is 2.22. The third-order valence-electron chi connectivity index (χ3n) is 4.21. The zero-order chi connectivity index (χ0) is 13.9. The van der Waals surface area contributed by atoms with Gasteiger partial charge in [-0.25, -0.2) is 0 Å². The summed E-state index contributed by atoms with van der Waals surface area (Å²) in [5, 5.41) is 6.26. The maximum Gasteiger partial charge on any atom is 0.0231 e. The number of rotatable bonds is 4. The van der Waals surface area contributed by atoms with Gasteiger partial charge in [0.2, 0.25) is 0 Å². The fourth-order valence-corrected chi connectivity index (χ4v) is 3.18. The summed E-state index contributed by atoms with van der Waals surface area (Å²) in [5.41, 5.74) is 2.73. The molecule has 106 valence electrons. The van der Waals surface area contributed by atoms with E-state index in [1.165, 1.54) is 41.3 Å². The van der Waals surface area contributed by atoms with Crippen LogP contribution in [0.1, 0.15) is 24.0 Å². The topological polar surface area (TPSA) is 15.3 Å². The molecule has 0 radical (unpaired) electrons. The molecule has 3 rings (SSSR count). The Labute approximate surface area is 121 Å². The number of nitrogens with one attached hydrogen (secondary N) is 1. The number of nitrogens with zero attached hydrogens (tertiary/aromatic N) is 1. The number of hydrogen-bond acceptors (Lipinski definition) is 2. The molecule has 1 atom stereocenters. The first-order valence-corrected chi connectivity index (χ1v) is 7.62. The molecule has 2 aromatic rings. The van der Waals surface area contributed by atoms with Crippen molar-refractivity contribution in [3.8, 4) is 0 Å². The van der Waals surface area contributed by atoms with Crippen LogP contribution in [0, 0.1) is 6.92 Å². The molecule has 1 N–H and O–H groups in total. The van der Waals surface area contributed by atoms with Crippen molar-refractivity contribution in [2.24, 2.45) is 0 Å². The lowest BCUT2D eigenvalue weighted by Gasteiger charge is -2.21. The van der Waals surface area contributed by atoms with E-state index < -0.39 is 0 Å². The molecule has 20 heavy (non-hydrogen) atoms. The zero-order valence-corrected chi connectivity index (χ0v) is 12.5. The Balaban J connectivity index is 1.68. The predicted molar refractivity (Wildman–Crippen MR) is 86.0 cm³/mol. The molecular weight excluding hydrogens is 244 g/mol. The van der Waals surface area contributed by atoms with Crippen molar-refractivity contribution in [3.63, 3.8) is 0 Å². The normalized spacial score (nSPS) is 19.1. The minimum absolute atomic E-state index is 0.683. The highest BCUT2D eigenvalue weighted by Gasteiger charge is 2.15. The minimum Gasteiger partial charge on any atom is -0.313 e. The monoisotopic (exact) mass is 268 g/mol. The molecule has 1 heterocycles. The highest BCUT2D eigenvalue weighted by Crippen LogP contribution is 2.18. The van der Waals surface area contributed by atoms with Crippen LogP contribution in [0.4, 0.5) is 0 Å².